The number of halogens is 1. The molecule has 2 fully saturated rings. The molecule has 0 amide bonds. The lowest BCUT2D eigenvalue weighted by Gasteiger charge is -2.42. The minimum atomic E-state index is -0.848. The molecule has 1 saturated heterocycles. The third-order valence-corrected chi connectivity index (χ3v) is 7.10. The van der Waals surface area contributed by atoms with Gasteiger partial charge in [0.15, 0.2) is 5.88 Å². The number of ether oxygens (including phenoxy) is 1. The second kappa shape index (κ2) is 12.4. The average Bonchev–Trinajstić information content (AvgIpc) is 2.76. The van der Waals surface area contributed by atoms with Gasteiger partial charge in [0.05, 0.1) is 19.0 Å². The van der Waals surface area contributed by atoms with Crippen LogP contribution in [0.15, 0.2) is 24.3 Å². The van der Waals surface area contributed by atoms with Gasteiger partial charge in [0.1, 0.15) is 5.82 Å². The van der Waals surface area contributed by atoms with Crippen LogP contribution < -0.4 is 10.6 Å². The van der Waals surface area contributed by atoms with Crippen LogP contribution in [0.3, 0.4) is 0 Å². The van der Waals surface area contributed by atoms with Gasteiger partial charge in [0.2, 0.25) is 0 Å². The van der Waals surface area contributed by atoms with Crippen LogP contribution in [-0.4, -0.2) is 66.1 Å². The van der Waals surface area contributed by atoms with Gasteiger partial charge in [-0.05, 0) is 80.3 Å². The molecule has 3 rings (SSSR count). The average molecular weight is 440 g/mol. The van der Waals surface area contributed by atoms with E-state index in [9.17, 15) is 8.94 Å². The van der Waals surface area contributed by atoms with Gasteiger partial charge in [0, 0.05) is 18.8 Å². The van der Waals surface area contributed by atoms with Crippen LogP contribution in [0.4, 0.5) is 4.39 Å². The summed E-state index contributed by atoms with van der Waals surface area (Å²) in [5.41, 5.74) is 0.858. The van der Waals surface area contributed by atoms with E-state index in [-0.39, 0.29) is 18.0 Å². The summed E-state index contributed by atoms with van der Waals surface area (Å²) >= 11 is -0.848. The Morgan fingerprint density at radius 3 is 2.67 bits per heavy atom. The van der Waals surface area contributed by atoms with Crippen LogP contribution in [0.1, 0.15) is 56.9 Å². The highest BCUT2D eigenvalue weighted by Gasteiger charge is 2.33. The molecule has 1 aliphatic heterocycles. The fourth-order valence-electron chi connectivity index (χ4n) is 4.84. The van der Waals surface area contributed by atoms with Crippen molar-refractivity contribution in [2.75, 3.05) is 38.5 Å². The van der Waals surface area contributed by atoms with Crippen molar-refractivity contribution in [2.45, 2.75) is 69.6 Å². The van der Waals surface area contributed by atoms with Gasteiger partial charge in [-0.25, -0.2) is 4.39 Å². The van der Waals surface area contributed by atoms with Gasteiger partial charge in [-0.3, -0.25) is 10.2 Å². The predicted octanol–water partition coefficient (Wildman–Crippen LogP) is 3.19. The number of piperidine rings is 1. The van der Waals surface area contributed by atoms with Gasteiger partial charge < -0.3 is 14.6 Å². The normalized spacial score (nSPS) is 29.1. The first-order valence-corrected chi connectivity index (χ1v) is 13.2. The van der Waals surface area contributed by atoms with E-state index in [2.05, 4.69) is 22.5 Å². The standard InChI is InChI=1S/C23H38FN3O2S/c1-3-25-16-27-14-6-9-22(26-17-30(2)28)23(27)15-29-19-12-10-18(11-13-19)20-7-4-5-8-21(20)24/h4-5,7-8,18-19,22-23,25-26H,3,6,9-17H2,1-2H3/t18-,19+,22-,23+,30?/m1/s1. The van der Waals surface area contributed by atoms with Crippen molar-refractivity contribution in [1.82, 2.24) is 15.5 Å². The van der Waals surface area contributed by atoms with Crippen LogP contribution in [0.5, 0.6) is 0 Å². The summed E-state index contributed by atoms with van der Waals surface area (Å²) in [6.45, 7) is 5.68. The van der Waals surface area contributed by atoms with Crippen LogP contribution in [0.25, 0.3) is 0 Å². The molecule has 170 valence electrons. The van der Waals surface area contributed by atoms with Gasteiger partial charge in [0.25, 0.3) is 0 Å². The predicted molar refractivity (Wildman–Crippen MR) is 121 cm³/mol. The fraction of sp³-hybridized carbons (Fsp3) is 0.739. The van der Waals surface area contributed by atoms with E-state index in [1.807, 2.05) is 12.1 Å². The van der Waals surface area contributed by atoms with Crippen molar-refractivity contribution in [3.63, 3.8) is 0 Å². The summed E-state index contributed by atoms with van der Waals surface area (Å²) in [6.07, 6.45) is 8.15. The lowest BCUT2D eigenvalue weighted by atomic mass is 9.82. The molecule has 1 aliphatic carbocycles. The molecule has 1 aromatic rings. The summed E-state index contributed by atoms with van der Waals surface area (Å²) in [6, 6.07) is 7.77. The monoisotopic (exact) mass is 439 g/mol. The summed E-state index contributed by atoms with van der Waals surface area (Å²) in [4.78, 5) is 2.47. The molecule has 2 N–H and O–H groups in total. The Balaban J connectivity index is 1.52. The maximum atomic E-state index is 14.1. The molecule has 2 aliphatic rings. The molecule has 0 aromatic heterocycles. The second-order valence-electron chi connectivity index (χ2n) is 8.64. The molecular weight excluding hydrogens is 401 g/mol. The Bertz CT molecular complexity index is 628. The summed E-state index contributed by atoms with van der Waals surface area (Å²) in [7, 11) is 0. The molecule has 3 atom stereocenters. The van der Waals surface area contributed by atoms with Crippen LogP contribution in [-0.2, 0) is 15.9 Å². The molecule has 0 spiro atoms. The smallest absolute Gasteiger partial charge is 0.157 e. The first-order valence-electron chi connectivity index (χ1n) is 11.4. The first kappa shape index (κ1) is 24.0. The number of nitrogens with zero attached hydrogens (tertiary/aromatic N) is 1. The van der Waals surface area contributed by atoms with Crippen molar-refractivity contribution in [1.29, 1.82) is 0 Å². The molecule has 1 aromatic carbocycles. The second-order valence-corrected chi connectivity index (χ2v) is 10.1. The summed E-state index contributed by atoms with van der Waals surface area (Å²) < 4.78 is 32.1. The van der Waals surface area contributed by atoms with Crippen molar-refractivity contribution in [3.05, 3.63) is 35.6 Å². The van der Waals surface area contributed by atoms with Crippen molar-refractivity contribution < 1.29 is 13.7 Å². The molecular formula is C23H38FN3O2S. The Hall–Kier alpha value is -0.700. The molecule has 1 heterocycles. The fourth-order valence-corrected chi connectivity index (χ4v) is 5.29. The van der Waals surface area contributed by atoms with Gasteiger partial charge >= 0.3 is 0 Å². The number of likely N-dealkylation sites (tertiary alicyclic amines) is 1. The summed E-state index contributed by atoms with van der Waals surface area (Å²) in [5.74, 6) is 0.759. The van der Waals surface area contributed by atoms with Crippen molar-refractivity contribution in [3.8, 4) is 0 Å². The molecule has 0 radical (unpaired) electrons. The minimum absolute atomic E-state index is 0.0784. The van der Waals surface area contributed by atoms with Crippen molar-refractivity contribution in [2.24, 2.45) is 0 Å². The molecule has 0 bridgehead atoms. The highest BCUT2D eigenvalue weighted by atomic mass is 32.2. The third-order valence-electron chi connectivity index (χ3n) is 6.53. The molecule has 1 unspecified atom stereocenters. The van der Waals surface area contributed by atoms with E-state index in [0.29, 0.717) is 24.4 Å². The molecule has 1 saturated carbocycles. The Labute approximate surface area is 184 Å². The van der Waals surface area contributed by atoms with Gasteiger partial charge in [-0.1, -0.05) is 25.1 Å². The van der Waals surface area contributed by atoms with E-state index < -0.39 is 11.2 Å². The van der Waals surface area contributed by atoms with Crippen molar-refractivity contribution >= 4 is 11.2 Å². The third kappa shape index (κ3) is 6.90. The van der Waals surface area contributed by atoms with E-state index in [0.717, 1.165) is 63.8 Å². The quantitative estimate of drug-likeness (QED) is 0.549. The maximum absolute atomic E-state index is 14.1. The zero-order chi connectivity index (χ0) is 21.3. The molecule has 30 heavy (non-hydrogen) atoms. The lowest BCUT2D eigenvalue weighted by Crippen LogP contribution is -2.58. The Morgan fingerprint density at radius 1 is 1.20 bits per heavy atom. The van der Waals surface area contributed by atoms with Crippen LogP contribution in [0.2, 0.25) is 0 Å². The van der Waals surface area contributed by atoms with Crippen LogP contribution >= 0.6 is 0 Å². The number of hydrogen-bond acceptors (Lipinski definition) is 5. The summed E-state index contributed by atoms with van der Waals surface area (Å²) in [5, 5.41) is 6.96. The van der Waals surface area contributed by atoms with Crippen LogP contribution in [0, 0.1) is 5.82 Å². The van der Waals surface area contributed by atoms with Gasteiger partial charge in [-0.2, -0.15) is 0 Å². The Kier molecular flexibility index (Phi) is 9.87. The van der Waals surface area contributed by atoms with E-state index in [1.54, 1.807) is 18.4 Å². The zero-order valence-corrected chi connectivity index (χ0v) is 19.3. The maximum Gasteiger partial charge on any atom is 0.157 e. The number of hydrogen-bond donors (Lipinski definition) is 2. The SMILES string of the molecule is CCNCN1CCC[C@@H](NC[S+](C)[O-])[C@@H]1CO[C@H]1CC[C@@H](c2ccccc2F)CC1. The lowest BCUT2D eigenvalue weighted by molar-refractivity contribution is -0.0310. The molecule has 7 heteroatoms. The highest BCUT2D eigenvalue weighted by molar-refractivity contribution is 7.90. The van der Waals surface area contributed by atoms with E-state index in [1.165, 1.54) is 0 Å². The number of rotatable bonds is 10. The topological polar surface area (TPSA) is 59.6 Å². The van der Waals surface area contributed by atoms with Gasteiger partial charge in [-0.15, -0.1) is 0 Å². The molecule has 5 nitrogen and oxygen atoms in total. The minimum Gasteiger partial charge on any atom is -0.616 e. The number of benzene rings is 1. The highest BCUT2D eigenvalue weighted by Crippen LogP contribution is 2.35. The Morgan fingerprint density at radius 2 is 1.97 bits per heavy atom. The first-order chi connectivity index (χ1) is 14.6. The van der Waals surface area contributed by atoms with E-state index >= 15 is 0 Å². The van der Waals surface area contributed by atoms with E-state index in [4.69, 9.17) is 4.74 Å². The largest absolute Gasteiger partial charge is 0.616 e. The zero-order valence-electron chi connectivity index (χ0n) is 18.4. The number of nitrogens with one attached hydrogen (secondary N) is 2.